The van der Waals surface area contributed by atoms with Gasteiger partial charge in [-0.05, 0) is 38.3 Å². The van der Waals surface area contributed by atoms with E-state index in [1.165, 1.54) is 12.8 Å². The molecule has 1 saturated heterocycles. The van der Waals surface area contributed by atoms with Crippen molar-refractivity contribution in [3.05, 3.63) is 17.3 Å². The number of hydrogen-bond donors (Lipinski definition) is 2. The number of fused-ring (bicyclic) bond motifs is 1. The minimum atomic E-state index is -0.893. The third-order valence-electron chi connectivity index (χ3n) is 4.88. The standard InChI is InChI=1S/C17H23FN6/c1-9-6-10(2)20-16-14(9)15(19-3)22-17(23-16)21-13-8-24(7-12(13)18)11-4-5-11/h6,11-13H,4-5,7-8H2,1-3H3,(H2,19,20,21,22,23)/t12-,13+/m1/s1. The first-order valence-electron chi connectivity index (χ1n) is 8.53. The molecule has 24 heavy (non-hydrogen) atoms. The minimum Gasteiger partial charge on any atom is -0.372 e. The fourth-order valence-corrected chi connectivity index (χ4v) is 3.56. The molecule has 0 spiro atoms. The lowest BCUT2D eigenvalue weighted by atomic mass is 10.1. The van der Waals surface area contributed by atoms with Crippen molar-refractivity contribution in [3.8, 4) is 0 Å². The van der Waals surface area contributed by atoms with Crippen molar-refractivity contribution in [1.29, 1.82) is 0 Å². The van der Waals surface area contributed by atoms with Crippen LogP contribution in [0.4, 0.5) is 16.2 Å². The number of aromatic nitrogens is 3. The molecule has 7 heteroatoms. The number of rotatable bonds is 4. The van der Waals surface area contributed by atoms with Crippen LogP contribution in [0.25, 0.3) is 11.0 Å². The molecule has 1 aliphatic carbocycles. The summed E-state index contributed by atoms with van der Waals surface area (Å²) in [5.74, 6) is 1.16. The van der Waals surface area contributed by atoms with Crippen LogP contribution < -0.4 is 10.6 Å². The normalized spacial score (nSPS) is 24.5. The van der Waals surface area contributed by atoms with Gasteiger partial charge < -0.3 is 10.6 Å². The molecule has 1 saturated carbocycles. The van der Waals surface area contributed by atoms with Crippen LogP contribution in [0.1, 0.15) is 24.1 Å². The first-order valence-corrected chi connectivity index (χ1v) is 8.53. The van der Waals surface area contributed by atoms with E-state index >= 15 is 0 Å². The monoisotopic (exact) mass is 330 g/mol. The number of anilines is 2. The van der Waals surface area contributed by atoms with Gasteiger partial charge in [0.25, 0.3) is 0 Å². The van der Waals surface area contributed by atoms with Crippen molar-refractivity contribution in [2.75, 3.05) is 30.8 Å². The molecule has 0 aromatic carbocycles. The summed E-state index contributed by atoms with van der Waals surface area (Å²) in [7, 11) is 1.83. The van der Waals surface area contributed by atoms with Crippen molar-refractivity contribution in [2.24, 2.45) is 0 Å². The molecule has 0 radical (unpaired) electrons. The van der Waals surface area contributed by atoms with Crippen LogP contribution in [0, 0.1) is 13.8 Å². The molecule has 0 amide bonds. The molecule has 128 valence electrons. The molecule has 6 nitrogen and oxygen atoms in total. The topological polar surface area (TPSA) is 66.0 Å². The number of hydrogen-bond acceptors (Lipinski definition) is 6. The van der Waals surface area contributed by atoms with Crippen LogP contribution in [-0.2, 0) is 0 Å². The van der Waals surface area contributed by atoms with Crippen molar-refractivity contribution in [1.82, 2.24) is 19.9 Å². The van der Waals surface area contributed by atoms with E-state index in [1.807, 2.05) is 27.0 Å². The first kappa shape index (κ1) is 15.5. The average molecular weight is 330 g/mol. The zero-order chi connectivity index (χ0) is 16.8. The Kier molecular flexibility index (Phi) is 3.75. The van der Waals surface area contributed by atoms with Crippen LogP contribution >= 0.6 is 0 Å². The summed E-state index contributed by atoms with van der Waals surface area (Å²) in [6.45, 7) is 5.19. The highest BCUT2D eigenvalue weighted by Gasteiger charge is 2.40. The Hall–Kier alpha value is -2.02. The van der Waals surface area contributed by atoms with E-state index < -0.39 is 6.17 Å². The van der Waals surface area contributed by atoms with Gasteiger partial charge in [0.2, 0.25) is 5.95 Å². The quantitative estimate of drug-likeness (QED) is 0.897. The third-order valence-corrected chi connectivity index (χ3v) is 4.88. The molecule has 1 aliphatic heterocycles. The van der Waals surface area contributed by atoms with Gasteiger partial charge in [-0.15, -0.1) is 0 Å². The predicted molar refractivity (Wildman–Crippen MR) is 93.3 cm³/mol. The van der Waals surface area contributed by atoms with Gasteiger partial charge in [0.1, 0.15) is 12.0 Å². The maximum atomic E-state index is 14.3. The van der Waals surface area contributed by atoms with Gasteiger partial charge in [-0.25, -0.2) is 9.37 Å². The lowest BCUT2D eigenvalue weighted by molar-refractivity contribution is 0.279. The molecule has 2 aromatic heterocycles. The molecule has 2 fully saturated rings. The number of pyridine rings is 1. The molecule has 2 atom stereocenters. The molecule has 0 unspecified atom stereocenters. The molecule has 0 bridgehead atoms. The maximum Gasteiger partial charge on any atom is 0.227 e. The van der Waals surface area contributed by atoms with Crippen LogP contribution in [-0.4, -0.2) is 58.2 Å². The molecule has 2 N–H and O–H groups in total. The smallest absolute Gasteiger partial charge is 0.227 e. The Bertz CT molecular complexity index is 775. The van der Waals surface area contributed by atoms with Crippen LogP contribution in [0.15, 0.2) is 6.07 Å². The van der Waals surface area contributed by atoms with E-state index in [0.29, 0.717) is 30.7 Å². The molecule has 3 heterocycles. The van der Waals surface area contributed by atoms with E-state index in [4.69, 9.17) is 0 Å². The number of aryl methyl sites for hydroxylation is 2. The number of likely N-dealkylation sites (tertiary alicyclic amines) is 1. The second-order valence-electron chi connectivity index (χ2n) is 6.88. The Balaban J connectivity index is 1.64. The summed E-state index contributed by atoms with van der Waals surface area (Å²) >= 11 is 0. The summed E-state index contributed by atoms with van der Waals surface area (Å²) in [6, 6.07) is 2.33. The highest BCUT2D eigenvalue weighted by atomic mass is 19.1. The van der Waals surface area contributed by atoms with Gasteiger partial charge in [0.05, 0.1) is 11.4 Å². The van der Waals surface area contributed by atoms with Crippen molar-refractivity contribution < 1.29 is 4.39 Å². The molecule has 4 rings (SSSR count). The summed E-state index contributed by atoms with van der Waals surface area (Å²) in [5.41, 5.74) is 2.63. The Morgan fingerprint density at radius 3 is 2.67 bits per heavy atom. The molecular formula is C17H23FN6. The Morgan fingerprint density at radius 1 is 1.17 bits per heavy atom. The summed E-state index contributed by atoms with van der Waals surface area (Å²) < 4.78 is 14.3. The van der Waals surface area contributed by atoms with Gasteiger partial charge in [0, 0.05) is 31.9 Å². The zero-order valence-corrected chi connectivity index (χ0v) is 14.3. The summed E-state index contributed by atoms with van der Waals surface area (Å²) in [4.78, 5) is 15.8. The molecule has 2 aromatic rings. The minimum absolute atomic E-state index is 0.265. The van der Waals surface area contributed by atoms with Gasteiger partial charge in [-0.1, -0.05) is 0 Å². The van der Waals surface area contributed by atoms with Crippen molar-refractivity contribution in [3.63, 3.8) is 0 Å². The van der Waals surface area contributed by atoms with Crippen molar-refractivity contribution >= 4 is 22.8 Å². The third kappa shape index (κ3) is 2.77. The Morgan fingerprint density at radius 2 is 1.96 bits per heavy atom. The van der Waals surface area contributed by atoms with Gasteiger partial charge in [-0.3, -0.25) is 4.90 Å². The van der Waals surface area contributed by atoms with Gasteiger partial charge >= 0.3 is 0 Å². The second-order valence-corrected chi connectivity index (χ2v) is 6.88. The first-order chi connectivity index (χ1) is 11.5. The van der Waals surface area contributed by atoms with Gasteiger partial charge in [-0.2, -0.15) is 9.97 Å². The number of nitrogens with zero attached hydrogens (tertiary/aromatic N) is 4. The second kappa shape index (κ2) is 5.81. The zero-order valence-electron chi connectivity index (χ0n) is 14.3. The fourth-order valence-electron chi connectivity index (χ4n) is 3.56. The highest BCUT2D eigenvalue weighted by molar-refractivity contribution is 5.90. The number of halogens is 1. The van der Waals surface area contributed by atoms with E-state index in [0.717, 1.165) is 22.5 Å². The van der Waals surface area contributed by atoms with E-state index in [1.54, 1.807) is 0 Å². The summed E-state index contributed by atoms with van der Waals surface area (Å²) in [6.07, 6.45) is 1.49. The lowest BCUT2D eigenvalue weighted by Crippen LogP contribution is -2.31. The number of nitrogens with one attached hydrogen (secondary N) is 2. The van der Waals surface area contributed by atoms with E-state index in [-0.39, 0.29) is 6.04 Å². The largest absolute Gasteiger partial charge is 0.372 e. The van der Waals surface area contributed by atoms with E-state index in [2.05, 4.69) is 30.5 Å². The maximum absolute atomic E-state index is 14.3. The predicted octanol–water partition coefficient (Wildman–Crippen LogP) is 2.28. The van der Waals surface area contributed by atoms with Crippen LogP contribution in [0.2, 0.25) is 0 Å². The highest BCUT2D eigenvalue weighted by Crippen LogP contribution is 2.32. The van der Waals surface area contributed by atoms with Crippen LogP contribution in [0.5, 0.6) is 0 Å². The van der Waals surface area contributed by atoms with Gasteiger partial charge in [0.15, 0.2) is 5.65 Å². The number of alkyl halides is 1. The molecular weight excluding hydrogens is 307 g/mol. The summed E-state index contributed by atoms with van der Waals surface area (Å²) in [5, 5.41) is 7.21. The van der Waals surface area contributed by atoms with Crippen molar-refractivity contribution in [2.45, 2.75) is 44.9 Å². The van der Waals surface area contributed by atoms with E-state index in [9.17, 15) is 4.39 Å². The average Bonchev–Trinajstić information content (AvgIpc) is 3.31. The SMILES string of the molecule is CNc1nc(N[C@H]2CN(C3CC3)C[C@H]2F)nc2nc(C)cc(C)c12. The fraction of sp³-hybridized carbons (Fsp3) is 0.588. The Labute approximate surface area is 140 Å². The van der Waals surface area contributed by atoms with Crippen LogP contribution in [0.3, 0.4) is 0 Å². The lowest BCUT2D eigenvalue weighted by Gasteiger charge is -2.17. The molecule has 2 aliphatic rings.